The zero-order chi connectivity index (χ0) is 17.9. The van der Waals surface area contributed by atoms with Crippen LogP contribution in [0.1, 0.15) is 42.5 Å². The van der Waals surface area contributed by atoms with Crippen LogP contribution in [0.3, 0.4) is 0 Å². The summed E-state index contributed by atoms with van der Waals surface area (Å²) in [7, 11) is 0. The van der Waals surface area contributed by atoms with Gasteiger partial charge in [0.25, 0.3) is 5.91 Å². The summed E-state index contributed by atoms with van der Waals surface area (Å²) in [5, 5.41) is 2.99. The molecule has 2 amide bonds. The van der Waals surface area contributed by atoms with Crippen molar-refractivity contribution >= 4 is 11.8 Å². The summed E-state index contributed by atoms with van der Waals surface area (Å²) < 4.78 is 1.89. The number of hydrogen-bond acceptors (Lipinski definition) is 3. The second kappa shape index (κ2) is 7.32. The molecule has 1 saturated heterocycles. The number of amides is 2. The summed E-state index contributed by atoms with van der Waals surface area (Å²) in [5.41, 5.74) is 1.60. The van der Waals surface area contributed by atoms with E-state index in [1.54, 1.807) is 12.5 Å². The molecule has 4 rings (SSSR count). The van der Waals surface area contributed by atoms with E-state index in [4.69, 9.17) is 0 Å². The van der Waals surface area contributed by atoms with Crippen molar-refractivity contribution in [2.75, 3.05) is 13.1 Å². The maximum absolute atomic E-state index is 12.4. The topological polar surface area (TPSA) is 67.2 Å². The lowest BCUT2D eigenvalue weighted by molar-refractivity contribution is -0.129. The molecule has 2 aliphatic rings. The quantitative estimate of drug-likeness (QED) is 0.898. The smallest absolute Gasteiger partial charge is 0.251 e. The normalized spacial score (nSPS) is 20.7. The summed E-state index contributed by atoms with van der Waals surface area (Å²) in [5.74, 6) is 0.382. The van der Waals surface area contributed by atoms with Gasteiger partial charge in [-0.3, -0.25) is 9.59 Å². The molecule has 1 aliphatic heterocycles. The first-order chi connectivity index (χ1) is 12.7. The van der Waals surface area contributed by atoms with E-state index in [-0.39, 0.29) is 17.7 Å². The van der Waals surface area contributed by atoms with Crippen LogP contribution in [-0.4, -0.2) is 45.4 Å². The number of likely N-dealkylation sites (tertiary alicyclic amines) is 1. The van der Waals surface area contributed by atoms with Gasteiger partial charge in [0.15, 0.2) is 0 Å². The molecule has 0 radical (unpaired) electrons. The number of nitrogens with one attached hydrogen (secondary N) is 1. The third-order valence-electron chi connectivity index (χ3n) is 5.49. The Morgan fingerprint density at radius 1 is 1.19 bits per heavy atom. The van der Waals surface area contributed by atoms with E-state index in [9.17, 15) is 9.59 Å². The van der Waals surface area contributed by atoms with Gasteiger partial charge in [-0.1, -0.05) is 12.8 Å². The fourth-order valence-electron chi connectivity index (χ4n) is 4.05. The molecule has 0 spiro atoms. The average Bonchev–Trinajstić information content (AvgIpc) is 3.41. The molecule has 1 aliphatic carbocycles. The molecule has 2 fully saturated rings. The van der Waals surface area contributed by atoms with Crippen molar-refractivity contribution in [3.05, 3.63) is 48.5 Å². The highest BCUT2D eigenvalue weighted by atomic mass is 16.2. The Bertz CT molecular complexity index is 764. The van der Waals surface area contributed by atoms with Gasteiger partial charge in [0.05, 0.1) is 6.33 Å². The van der Waals surface area contributed by atoms with Crippen LogP contribution in [0.15, 0.2) is 43.0 Å². The third kappa shape index (κ3) is 3.49. The fraction of sp³-hybridized carbons (Fsp3) is 0.450. The molecule has 2 aromatic rings. The van der Waals surface area contributed by atoms with E-state index < -0.39 is 0 Å². The number of carbonyl (C=O) groups is 2. The molecule has 1 N–H and O–H groups in total. The van der Waals surface area contributed by atoms with Crippen molar-refractivity contribution in [3.63, 3.8) is 0 Å². The molecule has 136 valence electrons. The molecule has 2 heterocycles. The van der Waals surface area contributed by atoms with Crippen LogP contribution in [0, 0.1) is 5.92 Å². The van der Waals surface area contributed by atoms with E-state index in [1.807, 2.05) is 39.9 Å². The van der Waals surface area contributed by atoms with Crippen LogP contribution in [0.5, 0.6) is 0 Å². The minimum Gasteiger partial charge on any atom is -0.352 e. The summed E-state index contributed by atoms with van der Waals surface area (Å²) in [6, 6.07) is 7.86. The number of carbonyl (C=O) groups excluding carboxylic acids is 2. The van der Waals surface area contributed by atoms with Crippen LogP contribution in [-0.2, 0) is 4.79 Å². The van der Waals surface area contributed by atoms with Crippen LogP contribution < -0.4 is 5.32 Å². The van der Waals surface area contributed by atoms with Crippen molar-refractivity contribution in [3.8, 4) is 5.69 Å². The lowest BCUT2D eigenvalue weighted by Crippen LogP contribution is -2.36. The summed E-state index contributed by atoms with van der Waals surface area (Å²) in [6.45, 7) is 1.33. The Kier molecular flexibility index (Phi) is 4.73. The monoisotopic (exact) mass is 352 g/mol. The fourth-order valence-corrected chi connectivity index (χ4v) is 4.05. The van der Waals surface area contributed by atoms with Gasteiger partial charge in [-0.05, 0) is 37.1 Å². The van der Waals surface area contributed by atoms with Gasteiger partial charge in [0.1, 0.15) is 0 Å². The summed E-state index contributed by atoms with van der Waals surface area (Å²) in [4.78, 5) is 30.7. The molecule has 6 heteroatoms. The van der Waals surface area contributed by atoms with Crippen molar-refractivity contribution in [1.82, 2.24) is 19.8 Å². The minimum atomic E-state index is -0.0889. The van der Waals surface area contributed by atoms with Gasteiger partial charge in [0.2, 0.25) is 5.91 Å². The van der Waals surface area contributed by atoms with Crippen molar-refractivity contribution < 1.29 is 9.59 Å². The molecular formula is C20H24N4O2. The van der Waals surface area contributed by atoms with Gasteiger partial charge in [-0.25, -0.2) is 4.98 Å². The number of benzene rings is 1. The first kappa shape index (κ1) is 16.8. The Balaban J connectivity index is 1.30. The third-order valence-corrected chi connectivity index (χ3v) is 5.49. The predicted octanol–water partition coefficient (Wildman–Crippen LogP) is 2.39. The number of imidazole rings is 1. The lowest BCUT2D eigenvalue weighted by atomic mass is 10.1. The molecule has 1 aromatic heterocycles. The Morgan fingerprint density at radius 2 is 1.96 bits per heavy atom. The van der Waals surface area contributed by atoms with Gasteiger partial charge in [0, 0.05) is 55.1 Å². The molecule has 6 nitrogen and oxygen atoms in total. The average molecular weight is 352 g/mol. The first-order valence-corrected chi connectivity index (χ1v) is 9.37. The van der Waals surface area contributed by atoms with E-state index in [0.717, 1.165) is 25.1 Å². The lowest BCUT2D eigenvalue weighted by Gasteiger charge is -2.24. The van der Waals surface area contributed by atoms with E-state index in [2.05, 4.69) is 10.3 Å². The SMILES string of the molecule is O=C(NC[C@H]1CC(=O)N(C2CCCC2)C1)c1ccc(-n2ccnc2)cc1. The first-order valence-electron chi connectivity index (χ1n) is 9.37. The number of nitrogens with zero attached hydrogens (tertiary/aromatic N) is 3. The molecule has 1 saturated carbocycles. The van der Waals surface area contributed by atoms with Gasteiger partial charge in [-0.2, -0.15) is 0 Å². The zero-order valence-corrected chi connectivity index (χ0v) is 14.8. The molecule has 1 aromatic carbocycles. The maximum atomic E-state index is 12.4. The molecule has 26 heavy (non-hydrogen) atoms. The number of hydrogen-bond donors (Lipinski definition) is 1. The molecular weight excluding hydrogens is 328 g/mol. The number of aromatic nitrogens is 2. The molecule has 0 bridgehead atoms. The van der Waals surface area contributed by atoms with Gasteiger partial charge < -0.3 is 14.8 Å². The molecule has 1 atom stereocenters. The number of rotatable bonds is 5. The Morgan fingerprint density at radius 3 is 2.65 bits per heavy atom. The van der Waals surface area contributed by atoms with E-state index >= 15 is 0 Å². The Hall–Kier alpha value is -2.63. The van der Waals surface area contributed by atoms with E-state index in [0.29, 0.717) is 24.6 Å². The highest BCUT2D eigenvalue weighted by molar-refractivity contribution is 5.94. The van der Waals surface area contributed by atoms with Crippen LogP contribution in [0.4, 0.5) is 0 Å². The van der Waals surface area contributed by atoms with Gasteiger partial charge >= 0.3 is 0 Å². The second-order valence-corrected chi connectivity index (χ2v) is 7.28. The summed E-state index contributed by atoms with van der Waals surface area (Å²) >= 11 is 0. The largest absolute Gasteiger partial charge is 0.352 e. The zero-order valence-electron chi connectivity index (χ0n) is 14.8. The van der Waals surface area contributed by atoms with Crippen LogP contribution in [0.25, 0.3) is 5.69 Å². The highest BCUT2D eigenvalue weighted by Gasteiger charge is 2.35. The summed E-state index contributed by atoms with van der Waals surface area (Å²) in [6.07, 6.45) is 10.6. The molecule has 0 unspecified atom stereocenters. The van der Waals surface area contributed by atoms with Crippen molar-refractivity contribution in [2.45, 2.75) is 38.1 Å². The van der Waals surface area contributed by atoms with Crippen LogP contribution >= 0.6 is 0 Å². The highest BCUT2D eigenvalue weighted by Crippen LogP contribution is 2.29. The predicted molar refractivity (Wildman–Crippen MR) is 98.0 cm³/mol. The maximum Gasteiger partial charge on any atom is 0.251 e. The standard InChI is InChI=1S/C20H24N4O2/c25-19-11-15(13-24(19)18-3-1-2-4-18)12-22-20(26)16-5-7-17(8-6-16)23-10-9-21-14-23/h5-10,14-15,18H,1-4,11-13H2,(H,22,26)/t15-/m1/s1. The van der Waals surface area contributed by atoms with Crippen LogP contribution in [0.2, 0.25) is 0 Å². The Labute approximate surface area is 153 Å². The van der Waals surface area contributed by atoms with E-state index in [1.165, 1.54) is 12.8 Å². The minimum absolute atomic E-state index is 0.0889. The van der Waals surface area contributed by atoms with Crippen molar-refractivity contribution in [1.29, 1.82) is 0 Å². The van der Waals surface area contributed by atoms with Crippen molar-refractivity contribution in [2.24, 2.45) is 5.92 Å². The second-order valence-electron chi connectivity index (χ2n) is 7.28. The van der Waals surface area contributed by atoms with Gasteiger partial charge in [-0.15, -0.1) is 0 Å².